The van der Waals surface area contributed by atoms with Gasteiger partial charge in [-0.15, -0.1) is 5.10 Å². The van der Waals surface area contributed by atoms with Crippen molar-refractivity contribution >= 4 is 23.3 Å². The van der Waals surface area contributed by atoms with Crippen LogP contribution in [0.25, 0.3) is 11.5 Å². The molecule has 16 heavy (non-hydrogen) atoms. The van der Waals surface area contributed by atoms with E-state index in [1.807, 2.05) is 14.1 Å². The summed E-state index contributed by atoms with van der Waals surface area (Å²) < 4.78 is 5.43. The predicted octanol–water partition coefficient (Wildman–Crippen LogP) is 2.04. The van der Waals surface area contributed by atoms with Crippen LogP contribution >= 0.6 is 11.6 Å². The number of nitrogens with two attached hydrogens (primary N) is 1. The van der Waals surface area contributed by atoms with Crippen LogP contribution < -0.4 is 10.6 Å². The van der Waals surface area contributed by atoms with Gasteiger partial charge in [0.15, 0.2) is 0 Å². The highest BCUT2D eigenvalue weighted by molar-refractivity contribution is 6.33. The van der Waals surface area contributed by atoms with Crippen LogP contribution in [-0.2, 0) is 0 Å². The Morgan fingerprint density at radius 1 is 1.31 bits per heavy atom. The molecule has 2 N–H and O–H groups in total. The molecule has 1 heterocycles. The molecule has 0 unspecified atom stereocenters. The Hall–Kier alpha value is -1.75. The Morgan fingerprint density at radius 2 is 2.06 bits per heavy atom. The molecule has 0 radical (unpaired) electrons. The molecule has 6 heteroatoms. The van der Waals surface area contributed by atoms with Crippen molar-refractivity contribution in [2.24, 2.45) is 0 Å². The Bertz CT molecular complexity index is 509. The molecule has 0 aliphatic rings. The molecule has 0 bridgehead atoms. The van der Waals surface area contributed by atoms with E-state index < -0.39 is 0 Å². The van der Waals surface area contributed by atoms with E-state index >= 15 is 0 Å². The number of nitrogens with zero attached hydrogens (tertiary/aromatic N) is 3. The van der Waals surface area contributed by atoms with Gasteiger partial charge in [-0.05, 0) is 18.2 Å². The summed E-state index contributed by atoms with van der Waals surface area (Å²) in [5.74, 6) is 0.362. The molecule has 0 spiro atoms. The van der Waals surface area contributed by atoms with Gasteiger partial charge in [-0.3, -0.25) is 0 Å². The molecule has 0 atom stereocenters. The summed E-state index contributed by atoms with van der Waals surface area (Å²) in [6.07, 6.45) is 0. The summed E-state index contributed by atoms with van der Waals surface area (Å²) in [5, 5.41) is 8.31. The lowest BCUT2D eigenvalue weighted by Gasteiger charge is -2.03. The normalized spacial score (nSPS) is 10.4. The summed E-state index contributed by atoms with van der Waals surface area (Å²) in [4.78, 5) is 1.72. The standard InChI is InChI=1S/C10H11ClN4O/c1-15(2)10-14-13-9(16-10)7-5-6(12)3-4-8(7)11/h3-5H,12H2,1-2H3. The molecule has 5 nitrogen and oxygen atoms in total. The second kappa shape index (κ2) is 4.02. The first-order valence-corrected chi connectivity index (χ1v) is 5.02. The zero-order valence-corrected chi connectivity index (χ0v) is 9.69. The van der Waals surface area contributed by atoms with E-state index in [1.54, 1.807) is 23.1 Å². The van der Waals surface area contributed by atoms with Crippen molar-refractivity contribution in [2.45, 2.75) is 0 Å². The average Bonchev–Trinajstić information content (AvgIpc) is 2.70. The first-order valence-electron chi connectivity index (χ1n) is 4.64. The second-order valence-electron chi connectivity index (χ2n) is 3.52. The zero-order valence-electron chi connectivity index (χ0n) is 8.94. The number of rotatable bonds is 2. The van der Waals surface area contributed by atoms with Crippen molar-refractivity contribution in [1.29, 1.82) is 0 Å². The third-order valence-corrected chi connectivity index (χ3v) is 2.35. The fraction of sp³-hybridized carbons (Fsp3) is 0.200. The SMILES string of the molecule is CN(C)c1nnc(-c2cc(N)ccc2Cl)o1. The van der Waals surface area contributed by atoms with Gasteiger partial charge in [0, 0.05) is 19.8 Å². The predicted molar refractivity (Wildman–Crippen MR) is 63.5 cm³/mol. The summed E-state index contributed by atoms with van der Waals surface area (Å²) in [5.41, 5.74) is 6.91. The van der Waals surface area contributed by atoms with E-state index in [-0.39, 0.29) is 0 Å². The molecule has 2 rings (SSSR count). The lowest BCUT2D eigenvalue weighted by molar-refractivity contribution is 0.566. The molecule has 0 saturated carbocycles. The molecule has 2 aromatic rings. The number of halogens is 1. The van der Waals surface area contributed by atoms with Crippen LogP contribution in [0.3, 0.4) is 0 Å². The van der Waals surface area contributed by atoms with Crippen molar-refractivity contribution in [3.05, 3.63) is 23.2 Å². The van der Waals surface area contributed by atoms with E-state index in [9.17, 15) is 0 Å². The maximum absolute atomic E-state index is 6.02. The number of nitrogen functional groups attached to an aromatic ring is 1. The molecule has 1 aromatic carbocycles. The number of hydrogen-bond acceptors (Lipinski definition) is 5. The quantitative estimate of drug-likeness (QED) is 0.811. The van der Waals surface area contributed by atoms with Gasteiger partial charge in [-0.1, -0.05) is 16.7 Å². The third-order valence-electron chi connectivity index (χ3n) is 2.02. The van der Waals surface area contributed by atoms with Gasteiger partial charge in [0.1, 0.15) is 0 Å². The van der Waals surface area contributed by atoms with Crippen LogP contribution in [0, 0.1) is 0 Å². The molecule has 0 amide bonds. The monoisotopic (exact) mass is 238 g/mol. The lowest BCUT2D eigenvalue weighted by atomic mass is 10.2. The molecular weight excluding hydrogens is 228 g/mol. The molecule has 0 aliphatic carbocycles. The molecule has 0 aliphatic heterocycles. The fourth-order valence-electron chi connectivity index (χ4n) is 1.21. The number of hydrogen-bond donors (Lipinski definition) is 1. The Morgan fingerprint density at radius 3 is 2.69 bits per heavy atom. The smallest absolute Gasteiger partial charge is 0.317 e. The van der Waals surface area contributed by atoms with E-state index in [4.69, 9.17) is 21.8 Å². The molecule has 1 aromatic heterocycles. The van der Waals surface area contributed by atoms with E-state index in [0.717, 1.165) is 0 Å². The Labute approximate surface area is 97.8 Å². The van der Waals surface area contributed by atoms with Gasteiger partial charge in [-0.2, -0.15) is 0 Å². The van der Waals surface area contributed by atoms with Crippen molar-refractivity contribution in [1.82, 2.24) is 10.2 Å². The Balaban J connectivity index is 2.46. The van der Waals surface area contributed by atoms with Crippen LogP contribution in [0.4, 0.5) is 11.7 Å². The number of benzene rings is 1. The highest BCUT2D eigenvalue weighted by Gasteiger charge is 2.13. The zero-order chi connectivity index (χ0) is 11.7. The van der Waals surface area contributed by atoms with Gasteiger partial charge in [0.2, 0.25) is 0 Å². The second-order valence-corrected chi connectivity index (χ2v) is 3.93. The summed E-state index contributed by atoms with van der Waals surface area (Å²) in [6.45, 7) is 0. The van der Waals surface area contributed by atoms with Crippen LogP contribution in [0.15, 0.2) is 22.6 Å². The minimum Gasteiger partial charge on any atom is -0.403 e. The van der Waals surface area contributed by atoms with Gasteiger partial charge < -0.3 is 15.1 Å². The van der Waals surface area contributed by atoms with Gasteiger partial charge in [-0.25, -0.2) is 0 Å². The number of anilines is 2. The summed E-state index contributed by atoms with van der Waals surface area (Å²) in [6, 6.07) is 5.55. The molecule has 84 valence electrons. The van der Waals surface area contributed by atoms with E-state index in [2.05, 4.69) is 10.2 Å². The van der Waals surface area contributed by atoms with Crippen molar-refractivity contribution in [2.75, 3.05) is 24.7 Å². The maximum Gasteiger partial charge on any atom is 0.317 e. The lowest BCUT2D eigenvalue weighted by Crippen LogP contribution is -2.08. The largest absolute Gasteiger partial charge is 0.403 e. The van der Waals surface area contributed by atoms with Crippen molar-refractivity contribution in [3.63, 3.8) is 0 Å². The highest BCUT2D eigenvalue weighted by Crippen LogP contribution is 2.29. The summed E-state index contributed by atoms with van der Waals surface area (Å²) >= 11 is 6.02. The fourth-order valence-corrected chi connectivity index (χ4v) is 1.41. The first-order chi connectivity index (χ1) is 7.58. The van der Waals surface area contributed by atoms with E-state index in [1.165, 1.54) is 0 Å². The van der Waals surface area contributed by atoms with Crippen LogP contribution in [0.5, 0.6) is 0 Å². The van der Waals surface area contributed by atoms with Gasteiger partial charge >= 0.3 is 6.01 Å². The average molecular weight is 239 g/mol. The van der Waals surface area contributed by atoms with Crippen molar-refractivity contribution < 1.29 is 4.42 Å². The van der Waals surface area contributed by atoms with Crippen LogP contribution in [-0.4, -0.2) is 24.3 Å². The third kappa shape index (κ3) is 1.94. The van der Waals surface area contributed by atoms with Gasteiger partial charge in [0.25, 0.3) is 5.89 Å². The highest BCUT2D eigenvalue weighted by atomic mass is 35.5. The van der Waals surface area contributed by atoms with Crippen molar-refractivity contribution in [3.8, 4) is 11.5 Å². The minimum absolute atomic E-state index is 0.362. The van der Waals surface area contributed by atoms with Crippen LogP contribution in [0.2, 0.25) is 5.02 Å². The molecule has 0 fully saturated rings. The Kier molecular flexibility index (Phi) is 2.70. The maximum atomic E-state index is 6.02. The van der Waals surface area contributed by atoms with E-state index in [0.29, 0.717) is 28.2 Å². The first kappa shape index (κ1) is 10.8. The van der Waals surface area contributed by atoms with Gasteiger partial charge in [0.05, 0.1) is 10.6 Å². The topological polar surface area (TPSA) is 68.2 Å². The molecule has 0 saturated heterocycles. The summed E-state index contributed by atoms with van der Waals surface area (Å²) in [7, 11) is 3.64. The number of aromatic nitrogens is 2. The molecular formula is C10H11ClN4O. The van der Waals surface area contributed by atoms with Crippen LogP contribution in [0.1, 0.15) is 0 Å². The minimum atomic E-state index is 0.362.